The molecule has 0 saturated carbocycles. The standard InChI is InChI=1S/C28H28N4O5/c1-35-25-13-12-20(14-26(25)36-2)16-30-32-27(33)24(15-21-17-29-23-11-7-6-10-22(21)23)31-28(34)37-18-19-8-4-3-5-9-19/h3-14,16-17,24,29H,15,18H2,1-2H3,(H,31,34)(H,32,33)/b30-16-/t24-/m1/s1. The van der Waals surface area contributed by atoms with Gasteiger partial charge < -0.3 is 24.5 Å². The Labute approximate surface area is 214 Å². The van der Waals surface area contributed by atoms with E-state index in [0.717, 1.165) is 22.0 Å². The third-order valence-corrected chi connectivity index (χ3v) is 5.72. The molecule has 0 aliphatic heterocycles. The highest BCUT2D eigenvalue weighted by atomic mass is 16.5. The van der Waals surface area contributed by atoms with Gasteiger partial charge in [0.2, 0.25) is 0 Å². The van der Waals surface area contributed by atoms with Gasteiger partial charge in [0.05, 0.1) is 20.4 Å². The van der Waals surface area contributed by atoms with Crippen molar-refractivity contribution in [2.75, 3.05) is 14.2 Å². The number of carbonyl (C=O) groups is 2. The summed E-state index contributed by atoms with van der Waals surface area (Å²) in [4.78, 5) is 28.8. The molecule has 0 aliphatic carbocycles. The number of fused-ring (bicyclic) bond motifs is 1. The Morgan fingerprint density at radius 2 is 1.73 bits per heavy atom. The van der Waals surface area contributed by atoms with Crippen LogP contribution in [0.5, 0.6) is 11.5 Å². The first kappa shape index (κ1) is 25.3. The van der Waals surface area contributed by atoms with E-state index in [1.807, 2.05) is 60.8 Å². The Morgan fingerprint density at radius 3 is 2.51 bits per heavy atom. The van der Waals surface area contributed by atoms with Crippen molar-refractivity contribution in [2.24, 2.45) is 5.10 Å². The lowest BCUT2D eigenvalue weighted by atomic mass is 10.0. The molecule has 37 heavy (non-hydrogen) atoms. The maximum Gasteiger partial charge on any atom is 0.408 e. The van der Waals surface area contributed by atoms with Crippen LogP contribution in [0.1, 0.15) is 16.7 Å². The number of rotatable bonds is 10. The number of methoxy groups -OCH3 is 2. The Hall–Kier alpha value is -4.79. The number of H-pyrrole nitrogens is 1. The summed E-state index contributed by atoms with van der Waals surface area (Å²) < 4.78 is 15.9. The average Bonchev–Trinajstić information content (AvgIpc) is 3.34. The highest BCUT2D eigenvalue weighted by Gasteiger charge is 2.23. The number of benzene rings is 3. The highest BCUT2D eigenvalue weighted by molar-refractivity contribution is 5.89. The fourth-order valence-corrected chi connectivity index (χ4v) is 3.82. The molecular formula is C28H28N4O5. The lowest BCUT2D eigenvalue weighted by molar-refractivity contribution is -0.123. The first-order valence-electron chi connectivity index (χ1n) is 11.6. The van der Waals surface area contributed by atoms with Crippen molar-refractivity contribution in [3.8, 4) is 11.5 Å². The molecule has 4 rings (SSSR count). The van der Waals surface area contributed by atoms with Crippen LogP contribution in [0.2, 0.25) is 0 Å². The summed E-state index contributed by atoms with van der Waals surface area (Å²) in [5.74, 6) is 0.636. The number of ether oxygens (including phenoxy) is 3. The molecule has 0 bridgehead atoms. The summed E-state index contributed by atoms with van der Waals surface area (Å²) in [6.45, 7) is 0.0888. The Kier molecular flexibility index (Phi) is 8.38. The maximum atomic E-state index is 13.1. The first-order valence-corrected chi connectivity index (χ1v) is 11.6. The van der Waals surface area contributed by atoms with Crippen LogP contribution >= 0.6 is 0 Å². The van der Waals surface area contributed by atoms with Crippen LogP contribution in [-0.2, 0) is 22.6 Å². The van der Waals surface area contributed by atoms with Crippen molar-refractivity contribution < 1.29 is 23.8 Å². The zero-order chi connectivity index (χ0) is 26.0. The second kappa shape index (κ2) is 12.3. The van der Waals surface area contributed by atoms with Crippen molar-refractivity contribution >= 4 is 29.1 Å². The summed E-state index contributed by atoms with van der Waals surface area (Å²) in [5, 5.41) is 7.71. The molecule has 1 heterocycles. The van der Waals surface area contributed by atoms with Crippen molar-refractivity contribution in [1.82, 2.24) is 15.7 Å². The van der Waals surface area contributed by atoms with Crippen LogP contribution < -0.4 is 20.2 Å². The molecule has 3 N–H and O–H groups in total. The van der Waals surface area contributed by atoms with Crippen LogP contribution in [0.4, 0.5) is 4.79 Å². The van der Waals surface area contributed by atoms with Crippen LogP contribution in [0.15, 0.2) is 84.1 Å². The van der Waals surface area contributed by atoms with Gasteiger partial charge >= 0.3 is 6.09 Å². The molecular weight excluding hydrogens is 472 g/mol. The first-order chi connectivity index (χ1) is 18.1. The normalized spacial score (nSPS) is 11.7. The van der Waals surface area contributed by atoms with Gasteiger partial charge in [-0.15, -0.1) is 0 Å². The largest absolute Gasteiger partial charge is 0.493 e. The minimum Gasteiger partial charge on any atom is -0.493 e. The van der Waals surface area contributed by atoms with E-state index in [0.29, 0.717) is 17.1 Å². The van der Waals surface area contributed by atoms with E-state index in [-0.39, 0.29) is 13.0 Å². The number of alkyl carbamates (subject to hydrolysis) is 1. The lowest BCUT2D eigenvalue weighted by Crippen LogP contribution is -2.47. The Balaban J connectivity index is 1.46. The van der Waals surface area contributed by atoms with Gasteiger partial charge in [0, 0.05) is 23.5 Å². The third-order valence-electron chi connectivity index (χ3n) is 5.72. The quantitative estimate of drug-likeness (QED) is 0.223. The number of nitrogens with one attached hydrogen (secondary N) is 3. The number of hydrazone groups is 1. The predicted molar refractivity (Wildman–Crippen MR) is 141 cm³/mol. The zero-order valence-electron chi connectivity index (χ0n) is 20.6. The topological polar surface area (TPSA) is 114 Å². The fourth-order valence-electron chi connectivity index (χ4n) is 3.82. The van der Waals surface area contributed by atoms with E-state index in [1.165, 1.54) is 6.21 Å². The van der Waals surface area contributed by atoms with Crippen molar-refractivity contribution in [2.45, 2.75) is 19.1 Å². The van der Waals surface area contributed by atoms with E-state index in [2.05, 4.69) is 20.8 Å². The van der Waals surface area contributed by atoms with Gasteiger partial charge in [0.1, 0.15) is 12.6 Å². The van der Waals surface area contributed by atoms with Crippen molar-refractivity contribution in [3.63, 3.8) is 0 Å². The second-order valence-corrected chi connectivity index (χ2v) is 8.17. The summed E-state index contributed by atoms with van der Waals surface area (Å²) in [6.07, 6.45) is 2.85. The third kappa shape index (κ3) is 6.66. The molecule has 0 radical (unpaired) electrons. The molecule has 190 valence electrons. The van der Waals surface area contributed by atoms with E-state index < -0.39 is 18.0 Å². The van der Waals surface area contributed by atoms with Crippen LogP contribution in [0, 0.1) is 0 Å². The number of para-hydroxylation sites is 1. The molecule has 0 spiro atoms. The minimum absolute atomic E-state index is 0.0888. The number of aromatic nitrogens is 1. The summed E-state index contributed by atoms with van der Waals surface area (Å²) in [7, 11) is 3.09. The molecule has 2 amide bonds. The van der Waals surface area contributed by atoms with Crippen molar-refractivity contribution in [1.29, 1.82) is 0 Å². The Bertz CT molecular complexity index is 1380. The summed E-state index contributed by atoms with van der Waals surface area (Å²) in [6, 6.07) is 21.4. The van der Waals surface area contributed by atoms with Crippen LogP contribution in [-0.4, -0.2) is 43.5 Å². The van der Waals surface area contributed by atoms with Gasteiger partial charge in [0.25, 0.3) is 5.91 Å². The molecule has 0 unspecified atom stereocenters. The molecule has 9 nitrogen and oxygen atoms in total. The molecule has 1 atom stereocenters. The molecule has 4 aromatic rings. The zero-order valence-corrected chi connectivity index (χ0v) is 20.6. The van der Waals surface area contributed by atoms with E-state index in [9.17, 15) is 9.59 Å². The average molecular weight is 501 g/mol. The minimum atomic E-state index is -0.926. The SMILES string of the molecule is COc1ccc(/C=N\NC(=O)[C@@H](Cc2c[nH]c3ccccc23)NC(=O)OCc2ccccc2)cc1OC. The van der Waals surface area contributed by atoms with Crippen LogP contribution in [0.25, 0.3) is 10.9 Å². The molecule has 1 aromatic heterocycles. The van der Waals surface area contributed by atoms with Crippen LogP contribution in [0.3, 0.4) is 0 Å². The molecule has 0 fully saturated rings. The van der Waals surface area contributed by atoms with Gasteiger partial charge in [-0.05, 0) is 41.0 Å². The van der Waals surface area contributed by atoms with E-state index >= 15 is 0 Å². The monoisotopic (exact) mass is 500 g/mol. The predicted octanol–water partition coefficient (Wildman–Crippen LogP) is 4.17. The molecule has 0 aliphatic rings. The number of amides is 2. The fraction of sp³-hybridized carbons (Fsp3) is 0.179. The lowest BCUT2D eigenvalue weighted by Gasteiger charge is -2.17. The number of aromatic amines is 1. The second-order valence-electron chi connectivity index (χ2n) is 8.17. The number of nitrogens with zero attached hydrogens (tertiary/aromatic N) is 1. The molecule has 3 aromatic carbocycles. The van der Waals surface area contributed by atoms with Gasteiger partial charge in [-0.3, -0.25) is 4.79 Å². The summed E-state index contributed by atoms with van der Waals surface area (Å²) >= 11 is 0. The van der Waals surface area contributed by atoms with E-state index in [4.69, 9.17) is 14.2 Å². The van der Waals surface area contributed by atoms with E-state index in [1.54, 1.807) is 32.4 Å². The number of hydrogen-bond donors (Lipinski definition) is 3. The number of hydrogen-bond acceptors (Lipinski definition) is 6. The van der Waals surface area contributed by atoms with Gasteiger partial charge in [-0.2, -0.15) is 5.10 Å². The highest BCUT2D eigenvalue weighted by Crippen LogP contribution is 2.26. The summed E-state index contributed by atoms with van der Waals surface area (Å²) in [5.41, 5.74) is 5.87. The molecule has 0 saturated heterocycles. The van der Waals surface area contributed by atoms with Gasteiger partial charge in [0.15, 0.2) is 11.5 Å². The van der Waals surface area contributed by atoms with Crippen molar-refractivity contribution in [3.05, 3.63) is 95.7 Å². The molecule has 9 heteroatoms. The van der Waals surface area contributed by atoms with Gasteiger partial charge in [-0.25, -0.2) is 10.2 Å². The smallest absolute Gasteiger partial charge is 0.408 e. The Morgan fingerprint density at radius 1 is 0.973 bits per heavy atom. The number of carbonyl (C=O) groups excluding carboxylic acids is 2. The van der Waals surface area contributed by atoms with Gasteiger partial charge in [-0.1, -0.05) is 48.5 Å². The maximum absolute atomic E-state index is 13.1.